The monoisotopic (exact) mass is 244 g/mol. The van der Waals surface area contributed by atoms with Crippen LogP contribution in [0.15, 0.2) is 47.7 Å². The summed E-state index contributed by atoms with van der Waals surface area (Å²) in [6.45, 7) is -0.0279. The topological polar surface area (TPSA) is 61.2 Å². The van der Waals surface area contributed by atoms with Crippen LogP contribution in [0.4, 0.5) is 0 Å². The van der Waals surface area contributed by atoms with Gasteiger partial charge in [-0.2, -0.15) is 0 Å². The lowest BCUT2D eigenvalue weighted by Crippen LogP contribution is -2.23. The number of hydrogen-bond acceptors (Lipinski definition) is 4. The Morgan fingerprint density at radius 1 is 1.39 bits per heavy atom. The molecule has 0 aliphatic rings. The number of aromatic nitrogens is 2. The molecule has 2 rings (SSSR count). The number of methoxy groups -OCH3 is 1. The molecule has 0 fully saturated rings. The zero-order valence-electron chi connectivity index (χ0n) is 9.87. The minimum absolute atomic E-state index is 0.0279. The first-order valence-electron chi connectivity index (χ1n) is 5.38. The largest absolute Gasteiger partial charge is 0.497 e. The number of benzene rings is 1. The second-order valence-electron chi connectivity index (χ2n) is 3.70. The van der Waals surface area contributed by atoms with Crippen LogP contribution in [0.5, 0.6) is 5.75 Å². The van der Waals surface area contributed by atoms with Crippen LogP contribution in [0.3, 0.4) is 0 Å². The summed E-state index contributed by atoms with van der Waals surface area (Å²) in [6.07, 6.45) is 2.75. The van der Waals surface area contributed by atoms with E-state index in [1.807, 2.05) is 0 Å². The van der Waals surface area contributed by atoms with E-state index in [9.17, 15) is 9.59 Å². The van der Waals surface area contributed by atoms with Crippen LogP contribution >= 0.6 is 0 Å². The van der Waals surface area contributed by atoms with E-state index in [4.69, 9.17) is 4.74 Å². The molecule has 0 unspecified atom stereocenters. The molecule has 0 bridgehead atoms. The molecule has 92 valence electrons. The van der Waals surface area contributed by atoms with E-state index in [-0.39, 0.29) is 17.9 Å². The molecular weight excluding hydrogens is 232 g/mol. The second-order valence-corrected chi connectivity index (χ2v) is 3.70. The normalized spacial score (nSPS) is 10.1. The van der Waals surface area contributed by atoms with Crippen molar-refractivity contribution in [1.29, 1.82) is 0 Å². The first kappa shape index (κ1) is 12.0. The SMILES string of the molecule is COc1cccc(C(=O)Cn2cnccc2=O)c1. The second kappa shape index (κ2) is 5.27. The number of ether oxygens (including phenoxy) is 1. The van der Waals surface area contributed by atoms with Crippen molar-refractivity contribution in [2.75, 3.05) is 7.11 Å². The Hall–Kier alpha value is -2.43. The van der Waals surface area contributed by atoms with E-state index in [2.05, 4.69) is 4.98 Å². The van der Waals surface area contributed by atoms with Crippen molar-refractivity contribution >= 4 is 5.78 Å². The van der Waals surface area contributed by atoms with Gasteiger partial charge in [-0.25, -0.2) is 4.98 Å². The molecule has 0 amide bonds. The fourth-order valence-electron chi connectivity index (χ4n) is 1.54. The maximum absolute atomic E-state index is 12.0. The maximum Gasteiger partial charge on any atom is 0.253 e. The first-order chi connectivity index (χ1) is 8.70. The summed E-state index contributed by atoms with van der Waals surface area (Å²) in [6, 6.07) is 8.14. The van der Waals surface area contributed by atoms with E-state index in [1.54, 1.807) is 24.3 Å². The van der Waals surface area contributed by atoms with Gasteiger partial charge < -0.3 is 4.74 Å². The molecule has 1 aromatic heterocycles. The smallest absolute Gasteiger partial charge is 0.253 e. The van der Waals surface area contributed by atoms with Gasteiger partial charge in [0.2, 0.25) is 0 Å². The Morgan fingerprint density at radius 3 is 2.94 bits per heavy atom. The van der Waals surface area contributed by atoms with E-state index in [0.717, 1.165) is 0 Å². The molecule has 18 heavy (non-hydrogen) atoms. The van der Waals surface area contributed by atoms with Gasteiger partial charge in [-0.1, -0.05) is 12.1 Å². The Bertz CT molecular complexity index is 619. The highest BCUT2D eigenvalue weighted by Gasteiger charge is 2.08. The summed E-state index contributed by atoms with van der Waals surface area (Å²) in [4.78, 5) is 27.3. The lowest BCUT2D eigenvalue weighted by atomic mass is 10.1. The average Bonchev–Trinajstić information content (AvgIpc) is 2.41. The van der Waals surface area contributed by atoms with Crippen LogP contribution in [0.1, 0.15) is 10.4 Å². The van der Waals surface area contributed by atoms with Crippen molar-refractivity contribution in [1.82, 2.24) is 9.55 Å². The molecule has 0 aliphatic carbocycles. The summed E-state index contributed by atoms with van der Waals surface area (Å²) in [5.41, 5.74) is 0.256. The van der Waals surface area contributed by atoms with Gasteiger partial charge >= 0.3 is 0 Å². The summed E-state index contributed by atoms with van der Waals surface area (Å²) in [5.74, 6) is 0.448. The zero-order valence-corrected chi connectivity index (χ0v) is 9.87. The van der Waals surface area contributed by atoms with Crippen LogP contribution in [0.25, 0.3) is 0 Å². The molecule has 2 aromatic rings. The van der Waals surface area contributed by atoms with Gasteiger partial charge in [0.05, 0.1) is 20.0 Å². The predicted molar refractivity (Wildman–Crippen MR) is 65.8 cm³/mol. The molecule has 1 heterocycles. The Labute approximate surface area is 104 Å². The molecule has 0 saturated carbocycles. The van der Waals surface area contributed by atoms with Gasteiger partial charge in [0.1, 0.15) is 5.75 Å². The molecule has 5 nitrogen and oxygen atoms in total. The summed E-state index contributed by atoms with van der Waals surface area (Å²) in [5, 5.41) is 0. The molecule has 0 saturated heterocycles. The number of ketones is 1. The molecule has 5 heteroatoms. The summed E-state index contributed by atoms with van der Waals surface area (Å²) >= 11 is 0. The maximum atomic E-state index is 12.0. The van der Waals surface area contributed by atoms with Gasteiger partial charge in [-0.3, -0.25) is 14.2 Å². The van der Waals surface area contributed by atoms with E-state index in [1.165, 1.54) is 30.3 Å². The van der Waals surface area contributed by atoms with Gasteiger partial charge in [0, 0.05) is 17.8 Å². The van der Waals surface area contributed by atoms with Gasteiger partial charge in [0.25, 0.3) is 5.56 Å². The van der Waals surface area contributed by atoms with Crippen LogP contribution in [-0.4, -0.2) is 22.4 Å². The van der Waals surface area contributed by atoms with E-state index < -0.39 is 0 Å². The van der Waals surface area contributed by atoms with Crippen LogP contribution in [-0.2, 0) is 6.54 Å². The van der Waals surface area contributed by atoms with Crippen LogP contribution < -0.4 is 10.3 Å². The molecule has 0 radical (unpaired) electrons. The third kappa shape index (κ3) is 2.63. The first-order valence-corrected chi connectivity index (χ1v) is 5.38. The lowest BCUT2D eigenvalue weighted by Gasteiger charge is -2.05. The fraction of sp³-hybridized carbons (Fsp3) is 0.154. The van der Waals surface area contributed by atoms with Crippen LogP contribution in [0, 0.1) is 0 Å². The van der Waals surface area contributed by atoms with Crippen LogP contribution in [0.2, 0.25) is 0 Å². The quantitative estimate of drug-likeness (QED) is 0.756. The van der Waals surface area contributed by atoms with Gasteiger partial charge in [-0.05, 0) is 12.1 Å². The minimum atomic E-state index is -0.249. The Balaban J connectivity index is 2.22. The van der Waals surface area contributed by atoms with Crippen molar-refractivity contribution in [2.24, 2.45) is 0 Å². The molecule has 0 aliphatic heterocycles. The van der Waals surface area contributed by atoms with E-state index in [0.29, 0.717) is 11.3 Å². The number of rotatable bonds is 4. The van der Waals surface area contributed by atoms with Crippen molar-refractivity contribution < 1.29 is 9.53 Å². The third-order valence-corrected chi connectivity index (χ3v) is 2.50. The van der Waals surface area contributed by atoms with Crippen molar-refractivity contribution in [3.8, 4) is 5.75 Å². The third-order valence-electron chi connectivity index (χ3n) is 2.50. The molecular formula is C13H12N2O3. The predicted octanol–water partition coefficient (Wildman–Crippen LogP) is 1.13. The highest BCUT2D eigenvalue weighted by Crippen LogP contribution is 2.13. The molecule has 0 atom stereocenters. The van der Waals surface area contributed by atoms with Gasteiger partial charge in [0.15, 0.2) is 5.78 Å². The summed E-state index contributed by atoms with van der Waals surface area (Å²) < 4.78 is 6.31. The highest BCUT2D eigenvalue weighted by atomic mass is 16.5. The molecule has 0 spiro atoms. The molecule has 0 N–H and O–H groups in total. The molecule has 1 aromatic carbocycles. The number of hydrogen-bond donors (Lipinski definition) is 0. The number of Topliss-reactive ketones (excluding diaryl/α,β-unsaturated/α-hetero) is 1. The van der Waals surface area contributed by atoms with Crippen molar-refractivity contribution in [3.63, 3.8) is 0 Å². The lowest BCUT2D eigenvalue weighted by molar-refractivity contribution is 0.0970. The Morgan fingerprint density at radius 2 is 2.22 bits per heavy atom. The minimum Gasteiger partial charge on any atom is -0.497 e. The Kier molecular flexibility index (Phi) is 3.52. The fourth-order valence-corrected chi connectivity index (χ4v) is 1.54. The van der Waals surface area contributed by atoms with E-state index >= 15 is 0 Å². The number of carbonyl (C=O) groups excluding carboxylic acids is 1. The van der Waals surface area contributed by atoms with Crippen molar-refractivity contribution in [2.45, 2.75) is 6.54 Å². The summed E-state index contributed by atoms with van der Waals surface area (Å²) in [7, 11) is 1.54. The van der Waals surface area contributed by atoms with Gasteiger partial charge in [-0.15, -0.1) is 0 Å². The average molecular weight is 244 g/mol. The highest BCUT2D eigenvalue weighted by molar-refractivity contribution is 5.96. The number of carbonyl (C=O) groups is 1. The zero-order chi connectivity index (χ0) is 13.0. The number of nitrogens with zero attached hydrogens (tertiary/aromatic N) is 2. The van der Waals surface area contributed by atoms with Crippen molar-refractivity contribution in [3.05, 3.63) is 58.8 Å². The standard InChI is InChI=1S/C13H12N2O3/c1-18-11-4-2-3-10(7-11)12(16)8-15-9-14-6-5-13(15)17/h2-7,9H,8H2,1H3.